The first kappa shape index (κ1) is 12.3. The molecule has 0 amide bonds. The van der Waals surface area contributed by atoms with Crippen molar-refractivity contribution in [2.75, 3.05) is 0 Å². The Kier molecular flexibility index (Phi) is 4.66. The van der Waals surface area contributed by atoms with Crippen molar-refractivity contribution < 1.29 is 7.86 Å². The van der Waals surface area contributed by atoms with Gasteiger partial charge in [0.2, 0.25) is 0 Å². The number of hydrogen-bond acceptors (Lipinski definition) is 2. The van der Waals surface area contributed by atoms with Crippen molar-refractivity contribution in [3.8, 4) is 0 Å². The maximum absolute atomic E-state index is 11.4. The average Bonchev–Trinajstić information content (AvgIpc) is 2.15. The fourth-order valence-corrected chi connectivity index (χ4v) is 2.21. The van der Waals surface area contributed by atoms with Gasteiger partial charge in [-0.05, 0) is 30.2 Å². The molecule has 0 heterocycles. The molecule has 0 aliphatic carbocycles. The van der Waals surface area contributed by atoms with E-state index in [4.69, 9.17) is 11.6 Å². The van der Waals surface area contributed by atoms with Crippen molar-refractivity contribution in [1.29, 1.82) is 0 Å². The molecule has 14 heavy (non-hydrogen) atoms. The smallest absolute Gasteiger partial charge is 0.348 e. The molecular formula is C9H7BrClIO2. The molecule has 76 valence electrons. The van der Waals surface area contributed by atoms with Crippen LogP contribution in [0.2, 0.25) is 5.02 Å². The molecule has 0 aromatic heterocycles. The first-order valence-electron chi connectivity index (χ1n) is 3.78. The molecule has 5 heteroatoms. The van der Waals surface area contributed by atoms with Crippen LogP contribution in [-0.2, 0) is 8.40 Å². The van der Waals surface area contributed by atoms with Crippen molar-refractivity contribution in [2.45, 2.75) is 12.3 Å². The third-order valence-corrected chi connectivity index (χ3v) is 3.02. The van der Waals surface area contributed by atoms with Crippen LogP contribution in [0.15, 0.2) is 12.1 Å². The quantitative estimate of drug-likeness (QED) is 0.564. The molecule has 0 saturated carbocycles. The Morgan fingerprint density at radius 2 is 2.29 bits per heavy atom. The first-order chi connectivity index (χ1) is 6.60. The van der Waals surface area contributed by atoms with E-state index in [0.29, 0.717) is 15.9 Å². The summed E-state index contributed by atoms with van der Waals surface area (Å²) in [5.74, 6) is -0.339. The number of carbonyl (C=O) groups is 1. The Balaban J connectivity index is 3.32. The van der Waals surface area contributed by atoms with Crippen LogP contribution in [0.3, 0.4) is 0 Å². The van der Waals surface area contributed by atoms with Crippen LogP contribution in [0.5, 0.6) is 0 Å². The molecule has 1 rings (SSSR count). The largest absolute Gasteiger partial charge is 0.391 e. The Bertz CT molecular complexity index is 368. The van der Waals surface area contributed by atoms with Gasteiger partial charge in [-0.1, -0.05) is 27.5 Å². The minimum absolute atomic E-state index is 0.339. The third-order valence-electron chi connectivity index (χ3n) is 1.80. The maximum Gasteiger partial charge on any atom is 0.348 e. The van der Waals surface area contributed by atoms with Crippen molar-refractivity contribution in [3.05, 3.63) is 33.8 Å². The van der Waals surface area contributed by atoms with Crippen molar-refractivity contribution >= 4 is 56.5 Å². The summed E-state index contributed by atoms with van der Waals surface area (Å²) < 4.78 is 4.67. The summed E-state index contributed by atoms with van der Waals surface area (Å²) in [6.07, 6.45) is 0. The lowest BCUT2D eigenvalue weighted by Gasteiger charge is -2.08. The van der Waals surface area contributed by atoms with Gasteiger partial charge < -0.3 is 3.07 Å². The predicted octanol–water partition coefficient (Wildman–Crippen LogP) is 4.05. The van der Waals surface area contributed by atoms with Crippen LogP contribution in [0, 0.1) is 6.92 Å². The van der Waals surface area contributed by atoms with Crippen LogP contribution < -0.4 is 0 Å². The summed E-state index contributed by atoms with van der Waals surface area (Å²) in [6.45, 7) is 1.83. The van der Waals surface area contributed by atoms with Gasteiger partial charge in [0.1, 0.15) is 0 Å². The standard InChI is InChI=1S/C9H7BrClIO2/c1-5-2-7(11)3-6(4-10)8(5)9(13)14-12/h2-3H,4H2,1H3. The van der Waals surface area contributed by atoms with Crippen molar-refractivity contribution in [3.63, 3.8) is 0 Å². The Morgan fingerprint density at radius 1 is 1.64 bits per heavy atom. The monoisotopic (exact) mass is 388 g/mol. The highest BCUT2D eigenvalue weighted by atomic mass is 127. The second-order valence-electron chi connectivity index (χ2n) is 2.76. The van der Waals surface area contributed by atoms with E-state index in [1.54, 1.807) is 35.1 Å². The van der Waals surface area contributed by atoms with Crippen LogP contribution in [0.25, 0.3) is 0 Å². The van der Waals surface area contributed by atoms with Gasteiger partial charge in [0.05, 0.1) is 5.56 Å². The molecule has 0 unspecified atom stereocenters. The van der Waals surface area contributed by atoms with Gasteiger partial charge in [-0.2, -0.15) is 0 Å². The lowest BCUT2D eigenvalue weighted by molar-refractivity contribution is 0.0799. The Labute approximate surface area is 110 Å². The van der Waals surface area contributed by atoms with E-state index in [1.807, 2.05) is 6.92 Å². The van der Waals surface area contributed by atoms with E-state index in [1.165, 1.54) is 0 Å². The van der Waals surface area contributed by atoms with Gasteiger partial charge in [0, 0.05) is 10.4 Å². The molecule has 0 spiro atoms. The van der Waals surface area contributed by atoms with Crippen molar-refractivity contribution in [1.82, 2.24) is 0 Å². The summed E-state index contributed by atoms with van der Waals surface area (Å²) in [7, 11) is 0. The Hall–Kier alpha value is 0.190. The summed E-state index contributed by atoms with van der Waals surface area (Å²) in [4.78, 5) is 11.4. The number of alkyl halides is 1. The van der Waals surface area contributed by atoms with Gasteiger partial charge >= 0.3 is 5.97 Å². The molecule has 1 aromatic carbocycles. The van der Waals surface area contributed by atoms with Gasteiger partial charge in [-0.25, -0.2) is 4.79 Å². The van der Waals surface area contributed by atoms with Gasteiger partial charge in [0.15, 0.2) is 23.0 Å². The normalized spacial score (nSPS) is 10.0. The van der Waals surface area contributed by atoms with Crippen LogP contribution in [-0.4, -0.2) is 5.97 Å². The van der Waals surface area contributed by atoms with Crippen molar-refractivity contribution in [2.24, 2.45) is 0 Å². The number of rotatable bonds is 2. The minimum atomic E-state index is -0.339. The number of halogens is 3. The fraction of sp³-hybridized carbons (Fsp3) is 0.222. The zero-order valence-electron chi connectivity index (χ0n) is 7.31. The highest BCUT2D eigenvalue weighted by Crippen LogP contribution is 2.24. The van der Waals surface area contributed by atoms with Gasteiger partial charge in [-0.3, -0.25) is 0 Å². The average molecular weight is 389 g/mol. The number of benzene rings is 1. The second kappa shape index (κ2) is 5.32. The molecule has 0 atom stereocenters. The highest BCUT2D eigenvalue weighted by Gasteiger charge is 2.15. The topological polar surface area (TPSA) is 26.3 Å². The molecule has 0 fully saturated rings. The summed E-state index contributed by atoms with van der Waals surface area (Å²) >= 11 is 10.8. The van der Waals surface area contributed by atoms with E-state index < -0.39 is 0 Å². The lowest BCUT2D eigenvalue weighted by atomic mass is 10.0. The molecule has 0 N–H and O–H groups in total. The highest BCUT2D eigenvalue weighted by molar-refractivity contribution is 14.1. The van der Waals surface area contributed by atoms with E-state index in [0.717, 1.165) is 11.1 Å². The van der Waals surface area contributed by atoms with Crippen LogP contribution >= 0.6 is 50.5 Å². The second-order valence-corrected chi connectivity index (χ2v) is 4.19. The maximum atomic E-state index is 11.4. The summed E-state index contributed by atoms with van der Waals surface area (Å²) in [5, 5.41) is 1.21. The first-order valence-corrected chi connectivity index (χ1v) is 6.16. The third kappa shape index (κ3) is 2.61. The fourth-order valence-electron chi connectivity index (χ4n) is 1.25. The molecular weight excluding hydrogens is 382 g/mol. The molecule has 0 saturated heterocycles. The van der Waals surface area contributed by atoms with Crippen LogP contribution in [0.4, 0.5) is 0 Å². The predicted molar refractivity (Wildman–Crippen MR) is 68.3 cm³/mol. The van der Waals surface area contributed by atoms with Crippen LogP contribution in [0.1, 0.15) is 21.5 Å². The summed E-state index contributed by atoms with van der Waals surface area (Å²) in [5.41, 5.74) is 2.26. The van der Waals surface area contributed by atoms with E-state index >= 15 is 0 Å². The zero-order valence-corrected chi connectivity index (χ0v) is 11.8. The molecule has 1 aromatic rings. The molecule has 0 radical (unpaired) electrons. The zero-order chi connectivity index (χ0) is 10.7. The number of aryl methyl sites for hydroxylation is 1. The summed E-state index contributed by atoms with van der Waals surface area (Å²) in [6, 6.07) is 3.50. The number of carbonyl (C=O) groups excluding carboxylic acids is 1. The lowest BCUT2D eigenvalue weighted by Crippen LogP contribution is -2.05. The van der Waals surface area contributed by atoms with Gasteiger partial charge in [-0.15, -0.1) is 0 Å². The molecule has 0 aliphatic heterocycles. The molecule has 0 bridgehead atoms. The Morgan fingerprint density at radius 3 is 2.79 bits per heavy atom. The number of hydrogen-bond donors (Lipinski definition) is 0. The molecule has 0 aliphatic rings. The van der Waals surface area contributed by atoms with E-state index in [9.17, 15) is 4.79 Å². The minimum Gasteiger partial charge on any atom is -0.391 e. The molecule has 2 nitrogen and oxygen atoms in total. The SMILES string of the molecule is Cc1cc(Cl)cc(CBr)c1C(=O)OI. The van der Waals surface area contributed by atoms with E-state index in [-0.39, 0.29) is 5.97 Å². The van der Waals surface area contributed by atoms with E-state index in [2.05, 4.69) is 19.0 Å². The van der Waals surface area contributed by atoms with Gasteiger partial charge in [0.25, 0.3) is 0 Å².